The van der Waals surface area contributed by atoms with Gasteiger partial charge in [0.25, 0.3) is 11.8 Å². The van der Waals surface area contributed by atoms with Crippen LogP contribution < -0.4 is 31.2 Å². The van der Waals surface area contributed by atoms with E-state index in [9.17, 15) is 14.4 Å². The van der Waals surface area contributed by atoms with Gasteiger partial charge in [-0.1, -0.05) is 12.1 Å². The fraction of sp³-hybridized carbons (Fsp3) is 0.357. The van der Waals surface area contributed by atoms with E-state index in [0.29, 0.717) is 29.4 Å². The van der Waals surface area contributed by atoms with Crippen LogP contribution in [0.4, 0.5) is 11.4 Å². The van der Waals surface area contributed by atoms with Crippen molar-refractivity contribution >= 4 is 40.6 Å². The Bertz CT molecular complexity index is 1420. The van der Waals surface area contributed by atoms with Crippen molar-refractivity contribution in [1.82, 2.24) is 9.69 Å². The molecule has 0 unspecified atom stereocenters. The summed E-state index contributed by atoms with van der Waals surface area (Å²) in [4.78, 5) is 41.5. The molecule has 4 rings (SSSR count). The van der Waals surface area contributed by atoms with Crippen molar-refractivity contribution in [3.8, 4) is 11.5 Å². The van der Waals surface area contributed by atoms with E-state index in [0.717, 1.165) is 35.5 Å². The summed E-state index contributed by atoms with van der Waals surface area (Å²) in [6, 6.07) is 9.31. The molecule has 1 aliphatic heterocycles. The molecule has 0 saturated carbocycles. The van der Waals surface area contributed by atoms with Gasteiger partial charge in [-0.25, -0.2) is 0 Å². The van der Waals surface area contributed by atoms with Gasteiger partial charge in [0.1, 0.15) is 10.9 Å². The molecule has 0 bridgehead atoms. The van der Waals surface area contributed by atoms with Crippen molar-refractivity contribution in [2.45, 2.75) is 38.8 Å². The van der Waals surface area contributed by atoms with Crippen LogP contribution in [0.1, 0.15) is 55.7 Å². The largest absolute Gasteiger partial charge is 0.493 e. The molecule has 0 spiro atoms. The van der Waals surface area contributed by atoms with Crippen LogP contribution in [-0.2, 0) is 9.53 Å². The number of benzene rings is 2. The minimum atomic E-state index is -1.16. The highest BCUT2D eigenvalue weighted by Gasteiger charge is 2.37. The first kappa shape index (κ1) is 28.8. The normalized spacial score (nSPS) is 15.3. The maximum atomic E-state index is 14.3. The van der Waals surface area contributed by atoms with E-state index < -0.39 is 23.8 Å². The van der Waals surface area contributed by atoms with E-state index in [1.54, 1.807) is 24.3 Å². The number of hydrogen-bond acceptors (Lipinski definition) is 9. The Morgan fingerprint density at radius 1 is 1.12 bits per heavy atom. The third-order valence-electron chi connectivity index (χ3n) is 6.90. The van der Waals surface area contributed by atoms with Crippen molar-refractivity contribution in [3.63, 3.8) is 0 Å². The highest BCUT2D eigenvalue weighted by molar-refractivity contribution is 7.09. The van der Waals surface area contributed by atoms with Gasteiger partial charge in [-0.3, -0.25) is 19.3 Å². The van der Waals surface area contributed by atoms with Crippen LogP contribution in [0.5, 0.6) is 11.5 Å². The summed E-state index contributed by atoms with van der Waals surface area (Å²) in [5, 5.41) is 2.96. The second-order valence-electron chi connectivity index (χ2n) is 9.48. The molecule has 3 aromatic rings. The SMILES string of the molecule is COc1ccc([C@@H](C(=O)NC[C@H]2CCCO2)N(C(=O)c2snc(C(N)=O)c2N)c2ccc(C)c(C)c2)cc1OC. The molecule has 0 aliphatic carbocycles. The number of anilines is 2. The molecule has 1 aromatic heterocycles. The first-order chi connectivity index (χ1) is 19.2. The summed E-state index contributed by atoms with van der Waals surface area (Å²) >= 11 is 0.751. The fourth-order valence-corrected chi connectivity index (χ4v) is 5.30. The molecule has 1 aliphatic rings. The van der Waals surface area contributed by atoms with Gasteiger partial charge < -0.3 is 31.0 Å². The molecule has 0 radical (unpaired) electrons. The van der Waals surface area contributed by atoms with Gasteiger partial charge in [0.15, 0.2) is 17.2 Å². The molecule has 2 heterocycles. The Morgan fingerprint density at radius 3 is 2.48 bits per heavy atom. The van der Waals surface area contributed by atoms with Crippen LogP contribution in [0.3, 0.4) is 0 Å². The number of nitrogens with two attached hydrogens (primary N) is 2. The molecule has 1 saturated heterocycles. The van der Waals surface area contributed by atoms with Gasteiger partial charge in [-0.2, -0.15) is 4.37 Å². The maximum Gasteiger partial charge on any atom is 0.273 e. The average Bonchev–Trinajstić information content (AvgIpc) is 3.61. The van der Waals surface area contributed by atoms with Crippen LogP contribution in [-0.4, -0.2) is 55.6 Å². The fourth-order valence-electron chi connectivity index (χ4n) is 4.55. The Labute approximate surface area is 236 Å². The molecule has 2 aromatic carbocycles. The zero-order valence-corrected chi connectivity index (χ0v) is 23.7. The molecule has 5 N–H and O–H groups in total. The minimum absolute atomic E-state index is 0.00979. The lowest BCUT2D eigenvalue weighted by molar-refractivity contribution is -0.123. The van der Waals surface area contributed by atoms with Crippen LogP contribution in [0.25, 0.3) is 0 Å². The van der Waals surface area contributed by atoms with Crippen LogP contribution >= 0.6 is 11.5 Å². The molecule has 1 fully saturated rings. The van der Waals surface area contributed by atoms with Gasteiger partial charge >= 0.3 is 0 Å². The average molecular weight is 568 g/mol. The number of carbonyl (C=O) groups excluding carboxylic acids is 3. The van der Waals surface area contributed by atoms with Gasteiger partial charge in [0.2, 0.25) is 5.91 Å². The first-order valence-electron chi connectivity index (χ1n) is 12.7. The summed E-state index contributed by atoms with van der Waals surface area (Å²) in [5.41, 5.74) is 14.1. The Balaban J connectivity index is 1.88. The van der Waals surface area contributed by atoms with Crippen molar-refractivity contribution in [1.29, 1.82) is 0 Å². The molecule has 2 atom stereocenters. The number of carbonyl (C=O) groups is 3. The highest BCUT2D eigenvalue weighted by Crippen LogP contribution is 2.37. The second-order valence-corrected chi connectivity index (χ2v) is 10.3. The lowest BCUT2D eigenvalue weighted by Crippen LogP contribution is -2.45. The predicted octanol–water partition coefficient (Wildman–Crippen LogP) is 3.14. The number of aromatic nitrogens is 1. The number of methoxy groups -OCH3 is 2. The summed E-state index contributed by atoms with van der Waals surface area (Å²) in [6.45, 7) is 4.79. The van der Waals surface area contributed by atoms with E-state index >= 15 is 0 Å². The summed E-state index contributed by atoms with van der Waals surface area (Å²) < 4.78 is 20.6. The number of aryl methyl sites for hydroxylation is 2. The zero-order valence-electron chi connectivity index (χ0n) is 22.9. The number of nitrogens with zero attached hydrogens (tertiary/aromatic N) is 2. The van der Waals surface area contributed by atoms with Crippen LogP contribution in [0.2, 0.25) is 0 Å². The Morgan fingerprint density at radius 2 is 1.88 bits per heavy atom. The maximum absolute atomic E-state index is 14.3. The number of nitrogen functional groups attached to an aromatic ring is 1. The zero-order chi connectivity index (χ0) is 29.0. The predicted molar refractivity (Wildman–Crippen MR) is 152 cm³/mol. The number of primary amides is 1. The van der Waals surface area contributed by atoms with Crippen molar-refractivity contribution in [2.75, 3.05) is 38.0 Å². The monoisotopic (exact) mass is 567 g/mol. The molecular weight excluding hydrogens is 534 g/mol. The van der Waals surface area contributed by atoms with Gasteiger partial charge in [-0.15, -0.1) is 0 Å². The minimum Gasteiger partial charge on any atom is -0.493 e. The van der Waals surface area contributed by atoms with E-state index in [4.69, 9.17) is 25.7 Å². The molecular formula is C28H33N5O6S. The number of amides is 3. The van der Waals surface area contributed by atoms with Gasteiger partial charge in [0.05, 0.1) is 26.0 Å². The summed E-state index contributed by atoms with van der Waals surface area (Å²) in [6.07, 6.45) is 1.63. The topological polar surface area (TPSA) is 159 Å². The third kappa shape index (κ3) is 5.87. The second kappa shape index (κ2) is 12.3. The molecule has 40 heavy (non-hydrogen) atoms. The quantitative estimate of drug-likeness (QED) is 0.337. The smallest absolute Gasteiger partial charge is 0.273 e. The number of hydrogen-bond donors (Lipinski definition) is 3. The van der Waals surface area contributed by atoms with Crippen molar-refractivity contribution in [3.05, 3.63) is 63.7 Å². The van der Waals surface area contributed by atoms with E-state index in [2.05, 4.69) is 9.69 Å². The van der Waals surface area contributed by atoms with Crippen LogP contribution in [0, 0.1) is 13.8 Å². The highest BCUT2D eigenvalue weighted by atomic mass is 32.1. The lowest BCUT2D eigenvalue weighted by atomic mass is 10.0. The third-order valence-corrected chi connectivity index (χ3v) is 7.75. The van der Waals surface area contributed by atoms with Crippen molar-refractivity contribution in [2.24, 2.45) is 5.73 Å². The number of rotatable bonds is 10. The first-order valence-corrected chi connectivity index (χ1v) is 13.5. The van der Waals surface area contributed by atoms with E-state index in [1.807, 2.05) is 26.0 Å². The van der Waals surface area contributed by atoms with E-state index in [-0.39, 0.29) is 28.9 Å². The van der Waals surface area contributed by atoms with Crippen LogP contribution in [0.15, 0.2) is 36.4 Å². The van der Waals surface area contributed by atoms with Crippen molar-refractivity contribution < 1.29 is 28.6 Å². The Hall–Kier alpha value is -4.16. The molecule has 3 amide bonds. The number of ether oxygens (including phenoxy) is 3. The summed E-state index contributed by atoms with van der Waals surface area (Å²) in [7, 11) is 3.00. The van der Waals surface area contributed by atoms with Gasteiger partial charge in [0, 0.05) is 18.8 Å². The molecule has 12 heteroatoms. The lowest BCUT2D eigenvalue weighted by Gasteiger charge is -2.32. The van der Waals surface area contributed by atoms with E-state index in [1.165, 1.54) is 19.1 Å². The molecule has 11 nitrogen and oxygen atoms in total. The number of nitrogens with one attached hydrogen (secondary N) is 1. The molecule has 212 valence electrons. The standard InChI is InChI=1S/C28H33N5O6S/c1-15-7-9-18(12-16(15)2)33(28(36)25-22(29)23(26(30)34)32-40-25)24(27(35)31-14-19-6-5-11-39-19)17-8-10-20(37-3)21(13-17)38-4/h7-10,12-13,19,24H,5-6,11,14,29H2,1-4H3,(H2,30,34)(H,31,35)/t19-,24+/m1/s1. The summed E-state index contributed by atoms with van der Waals surface area (Å²) in [5.74, 6) is -1.05. The Kier molecular flexibility index (Phi) is 8.90. The van der Waals surface area contributed by atoms with Gasteiger partial charge in [-0.05, 0) is 79.2 Å².